The summed E-state index contributed by atoms with van der Waals surface area (Å²) in [5, 5.41) is 0. The molecule has 2 atom stereocenters. The van der Waals surface area contributed by atoms with Gasteiger partial charge in [0.05, 0.1) is 13.2 Å². The van der Waals surface area contributed by atoms with Gasteiger partial charge in [-0.3, -0.25) is 0 Å². The second-order valence-corrected chi connectivity index (χ2v) is 6.18. The average Bonchev–Trinajstić information content (AvgIpc) is 2.78. The Balaban J connectivity index is 1.66. The Morgan fingerprint density at radius 2 is 1.87 bits per heavy atom. The molecule has 0 aromatic heterocycles. The highest BCUT2D eigenvalue weighted by atomic mass is 16.7. The van der Waals surface area contributed by atoms with E-state index in [9.17, 15) is 0 Å². The van der Waals surface area contributed by atoms with Crippen LogP contribution >= 0.6 is 0 Å². The van der Waals surface area contributed by atoms with Gasteiger partial charge in [0, 0.05) is 11.3 Å². The minimum Gasteiger partial charge on any atom is -0.352 e. The monoisotopic (exact) mass is 210 g/mol. The third-order valence-electron chi connectivity index (χ3n) is 4.72. The molecular formula is C13H22O2. The molecule has 15 heavy (non-hydrogen) atoms. The van der Waals surface area contributed by atoms with Crippen molar-refractivity contribution in [3.8, 4) is 0 Å². The Hall–Kier alpha value is -0.0800. The Morgan fingerprint density at radius 3 is 2.33 bits per heavy atom. The van der Waals surface area contributed by atoms with Crippen molar-refractivity contribution in [3.63, 3.8) is 0 Å². The highest BCUT2D eigenvalue weighted by Crippen LogP contribution is 2.57. The third-order valence-corrected chi connectivity index (χ3v) is 4.72. The second-order valence-electron chi connectivity index (χ2n) is 6.18. The Kier molecular flexibility index (Phi) is 2.33. The van der Waals surface area contributed by atoms with Crippen LogP contribution in [-0.2, 0) is 9.47 Å². The van der Waals surface area contributed by atoms with Crippen LogP contribution in [0.3, 0.4) is 0 Å². The van der Waals surface area contributed by atoms with Gasteiger partial charge in [0.2, 0.25) is 0 Å². The van der Waals surface area contributed by atoms with Crippen molar-refractivity contribution >= 4 is 0 Å². The van der Waals surface area contributed by atoms with Gasteiger partial charge in [-0.1, -0.05) is 20.3 Å². The van der Waals surface area contributed by atoms with Crippen LogP contribution in [0.5, 0.6) is 0 Å². The summed E-state index contributed by atoms with van der Waals surface area (Å²) in [5.74, 6) is 2.37. The molecule has 86 valence electrons. The van der Waals surface area contributed by atoms with Crippen LogP contribution in [0, 0.1) is 23.2 Å². The van der Waals surface area contributed by atoms with Crippen LogP contribution in [-0.4, -0.2) is 19.5 Å². The molecule has 2 unspecified atom stereocenters. The fraction of sp³-hybridized carbons (Fsp3) is 1.00. The standard InChI is InChI=1S/C13H22O2/c1-9(2)12-14-7-13(8-15-12)6-10-3-4-11(13)5-10/h9-12H,3-8H2,1-2H3. The molecule has 3 fully saturated rings. The molecule has 0 aromatic carbocycles. The zero-order valence-corrected chi connectivity index (χ0v) is 9.87. The van der Waals surface area contributed by atoms with E-state index >= 15 is 0 Å². The van der Waals surface area contributed by atoms with E-state index in [0.29, 0.717) is 11.3 Å². The maximum absolute atomic E-state index is 5.91. The summed E-state index contributed by atoms with van der Waals surface area (Å²) in [7, 11) is 0. The molecule has 2 bridgehead atoms. The minimum absolute atomic E-state index is 0.0507. The molecule has 2 saturated carbocycles. The maximum Gasteiger partial charge on any atom is 0.159 e. The summed E-state index contributed by atoms with van der Waals surface area (Å²) < 4.78 is 11.8. The largest absolute Gasteiger partial charge is 0.352 e. The first-order valence-corrected chi connectivity index (χ1v) is 6.43. The first-order chi connectivity index (χ1) is 7.20. The molecular weight excluding hydrogens is 188 g/mol. The van der Waals surface area contributed by atoms with Crippen LogP contribution in [0.15, 0.2) is 0 Å². The lowest BCUT2D eigenvalue weighted by molar-refractivity contribution is -0.255. The number of hydrogen-bond acceptors (Lipinski definition) is 2. The number of hydrogen-bond donors (Lipinski definition) is 0. The van der Waals surface area contributed by atoms with Crippen LogP contribution < -0.4 is 0 Å². The lowest BCUT2D eigenvalue weighted by Gasteiger charge is -2.43. The number of fused-ring (bicyclic) bond motifs is 3. The topological polar surface area (TPSA) is 18.5 Å². The predicted octanol–water partition coefficient (Wildman–Crippen LogP) is 2.82. The van der Waals surface area contributed by atoms with Gasteiger partial charge in [-0.05, 0) is 31.1 Å². The summed E-state index contributed by atoms with van der Waals surface area (Å²) >= 11 is 0. The molecule has 0 aromatic rings. The van der Waals surface area contributed by atoms with E-state index in [4.69, 9.17) is 9.47 Å². The van der Waals surface area contributed by atoms with Gasteiger partial charge < -0.3 is 9.47 Å². The lowest BCUT2D eigenvalue weighted by Crippen LogP contribution is -2.46. The predicted molar refractivity (Wildman–Crippen MR) is 58.4 cm³/mol. The highest BCUT2D eigenvalue weighted by molar-refractivity contribution is 5.01. The molecule has 3 aliphatic rings. The summed E-state index contributed by atoms with van der Waals surface area (Å²) in [6.45, 7) is 6.25. The normalized spacial score (nSPS) is 49.4. The molecule has 1 heterocycles. The number of ether oxygens (including phenoxy) is 2. The molecule has 0 amide bonds. The smallest absolute Gasteiger partial charge is 0.159 e. The third kappa shape index (κ3) is 1.53. The Labute approximate surface area is 92.3 Å². The van der Waals surface area contributed by atoms with E-state index in [0.717, 1.165) is 25.0 Å². The van der Waals surface area contributed by atoms with Gasteiger partial charge in [0.15, 0.2) is 6.29 Å². The van der Waals surface area contributed by atoms with Crippen molar-refractivity contribution in [3.05, 3.63) is 0 Å². The first kappa shape index (κ1) is 10.1. The molecule has 3 rings (SSSR count). The zero-order chi connectivity index (χ0) is 10.5. The molecule has 1 spiro atoms. The molecule has 2 nitrogen and oxygen atoms in total. The van der Waals surface area contributed by atoms with Crippen LogP contribution in [0.25, 0.3) is 0 Å². The number of rotatable bonds is 1. The highest BCUT2D eigenvalue weighted by Gasteiger charge is 2.53. The molecule has 1 aliphatic heterocycles. The van der Waals surface area contributed by atoms with Crippen LogP contribution in [0.2, 0.25) is 0 Å². The summed E-state index contributed by atoms with van der Waals surface area (Å²) in [6.07, 6.45) is 5.74. The first-order valence-electron chi connectivity index (χ1n) is 6.43. The SMILES string of the molecule is CC(C)C1OCC2(CO1)CC1CCC2C1. The van der Waals surface area contributed by atoms with E-state index in [2.05, 4.69) is 13.8 Å². The van der Waals surface area contributed by atoms with Crippen molar-refractivity contribution in [2.24, 2.45) is 23.2 Å². The quantitative estimate of drug-likeness (QED) is 0.662. The van der Waals surface area contributed by atoms with Crippen molar-refractivity contribution in [2.75, 3.05) is 13.2 Å². The van der Waals surface area contributed by atoms with Gasteiger partial charge in [-0.2, -0.15) is 0 Å². The zero-order valence-electron chi connectivity index (χ0n) is 9.87. The van der Waals surface area contributed by atoms with E-state index in [-0.39, 0.29) is 6.29 Å². The van der Waals surface area contributed by atoms with Gasteiger partial charge in [0.25, 0.3) is 0 Å². The summed E-state index contributed by atoms with van der Waals surface area (Å²) in [4.78, 5) is 0. The Bertz CT molecular complexity index is 241. The molecule has 1 saturated heterocycles. The van der Waals surface area contributed by atoms with Gasteiger partial charge in [-0.25, -0.2) is 0 Å². The van der Waals surface area contributed by atoms with Gasteiger partial charge in [0.1, 0.15) is 0 Å². The average molecular weight is 210 g/mol. The maximum atomic E-state index is 5.91. The second kappa shape index (κ2) is 3.46. The van der Waals surface area contributed by atoms with Crippen molar-refractivity contribution in [2.45, 2.75) is 45.8 Å². The van der Waals surface area contributed by atoms with Gasteiger partial charge in [-0.15, -0.1) is 0 Å². The fourth-order valence-corrected chi connectivity index (χ4v) is 3.88. The van der Waals surface area contributed by atoms with Crippen molar-refractivity contribution in [1.29, 1.82) is 0 Å². The van der Waals surface area contributed by atoms with Crippen molar-refractivity contribution in [1.82, 2.24) is 0 Å². The van der Waals surface area contributed by atoms with Gasteiger partial charge >= 0.3 is 0 Å². The molecule has 0 radical (unpaired) electrons. The van der Waals surface area contributed by atoms with Crippen molar-refractivity contribution < 1.29 is 9.47 Å². The van der Waals surface area contributed by atoms with E-state index < -0.39 is 0 Å². The summed E-state index contributed by atoms with van der Waals surface area (Å²) in [5.41, 5.74) is 0.411. The van der Waals surface area contributed by atoms with E-state index in [1.807, 2.05) is 0 Å². The summed E-state index contributed by atoms with van der Waals surface area (Å²) in [6, 6.07) is 0. The van der Waals surface area contributed by atoms with E-state index in [1.165, 1.54) is 25.7 Å². The molecule has 2 aliphatic carbocycles. The van der Waals surface area contributed by atoms with Crippen LogP contribution in [0.1, 0.15) is 39.5 Å². The minimum atomic E-state index is 0.0507. The molecule has 2 heteroatoms. The van der Waals surface area contributed by atoms with E-state index in [1.54, 1.807) is 0 Å². The molecule has 0 N–H and O–H groups in total. The van der Waals surface area contributed by atoms with Crippen LogP contribution in [0.4, 0.5) is 0 Å². The lowest BCUT2D eigenvalue weighted by atomic mass is 9.74. The fourth-order valence-electron chi connectivity index (χ4n) is 3.88. The Morgan fingerprint density at radius 1 is 1.13 bits per heavy atom.